The molecule has 0 unspecified atom stereocenters. The van der Waals surface area contributed by atoms with Crippen molar-refractivity contribution >= 4 is 76.2 Å². The Morgan fingerprint density at radius 3 is 1.56 bits per heavy atom. The summed E-state index contributed by atoms with van der Waals surface area (Å²) in [5.41, 5.74) is 10.8. The molecule has 0 aliphatic heterocycles. The summed E-state index contributed by atoms with van der Waals surface area (Å²) in [6.07, 6.45) is 0. The Morgan fingerprint density at radius 2 is 0.790 bits per heavy atom. The van der Waals surface area contributed by atoms with Gasteiger partial charge in [0.1, 0.15) is 22.3 Å². The first-order valence-corrected chi connectivity index (χ1v) is 20.8. The van der Waals surface area contributed by atoms with Crippen LogP contribution in [0.5, 0.6) is 0 Å². The molecule has 3 aromatic heterocycles. The Labute approximate surface area is 355 Å². The summed E-state index contributed by atoms with van der Waals surface area (Å²) in [6, 6.07) is 70.0. The van der Waals surface area contributed by atoms with Crippen LogP contribution in [0.15, 0.2) is 209 Å². The molecule has 288 valence electrons. The second kappa shape index (κ2) is 13.6. The Balaban J connectivity index is 0.991. The lowest BCUT2D eigenvalue weighted by molar-refractivity contribution is 0.668. The maximum Gasteiger partial charge on any atom is 0.164 e. The minimum Gasteiger partial charge on any atom is -0.456 e. The molecule has 0 amide bonds. The molecule has 0 spiro atoms. The Kier molecular flexibility index (Phi) is 7.54. The first kappa shape index (κ1) is 34.5. The average Bonchev–Trinajstić information content (AvgIpc) is 3.92. The zero-order valence-electron chi connectivity index (χ0n) is 33.2. The molecule has 5 nitrogen and oxygen atoms in total. The zero-order valence-corrected chi connectivity index (χ0v) is 33.2. The van der Waals surface area contributed by atoms with Crippen LogP contribution in [0.2, 0.25) is 0 Å². The summed E-state index contributed by atoms with van der Waals surface area (Å²) >= 11 is 0. The third-order valence-corrected chi connectivity index (χ3v) is 12.3. The van der Waals surface area contributed by atoms with Crippen molar-refractivity contribution in [3.05, 3.63) is 200 Å². The number of hydrogen-bond acceptors (Lipinski definition) is 5. The van der Waals surface area contributed by atoms with Crippen LogP contribution in [0.3, 0.4) is 0 Å². The predicted molar refractivity (Wildman–Crippen MR) is 254 cm³/mol. The van der Waals surface area contributed by atoms with E-state index in [0.717, 1.165) is 98.6 Å². The highest BCUT2D eigenvalue weighted by atomic mass is 16.3. The molecule has 0 saturated carbocycles. The van der Waals surface area contributed by atoms with Gasteiger partial charge in [-0.15, -0.1) is 0 Å². The third-order valence-electron chi connectivity index (χ3n) is 12.3. The van der Waals surface area contributed by atoms with Gasteiger partial charge in [0.05, 0.1) is 0 Å². The number of nitrogens with zero attached hydrogens (tertiary/aromatic N) is 3. The van der Waals surface area contributed by atoms with Gasteiger partial charge in [0.15, 0.2) is 17.5 Å². The molecule has 0 radical (unpaired) electrons. The lowest BCUT2D eigenvalue weighted by Crippen LogP contribution is -2.01. The van der Waals surface area contributed by atoms with Crippen molar-refractivity contribution in [2.75, 3.05) is 0 Å². The van der Waals surface area contributed by atoms with Crippen molar-refractivity contribution in [2.24, 2.45) is 0 Å². The normalized spacial score (nSPS) is 11.9. The van der Waals surface area contributed by atoms with Crippen LogP contribution in [0.4, 0.5) is 0 Å². The first-order chi connectivity index (χ1) is 30.7. The topological polar surface area (TPSA) is 65.0 Å². The standard InChI is InChI=1S/C57H33N3O2/c1-2-11-34(12-3-1)35-21-22-37-32-40(24-23-36(37)31-35)55-58-56(60-57(59-55)48-17-10-20-51-54(48)47-16-7-9-19-50(47)61-51)45-29-28-41(43-13-4-5-14-44(43)45)38-25-27-42-39(33-38)26-30-52-53(42)46-15-6-8-18-49(46)62-52/h1-33H. The summed E-state index contributed by atoms with van der Waals surface area (Å²) < 4.78 is 12.5. The van der Waals surface area contributed by atoms with Crippen molar-refractivity contribution in [2.45, 2.75) is 0 Å². The van der Waals surface area contributed by atoms with Crippen LogP contribution < -0.4 is 0 Å². The molecule has 13 rings (SSSR count). The maximum atomic E-state index is 6.33. The second-order valence-electron chi connectivity index (χ2n) is 15.9. The number of benzene rings is 10. The summed E-state index contributed by atoms with van der Waals surface area (Å²) in [5.74, 6) is 1.79. The van der Waals surface area contributed by atoms with E-state index >= 15 is 0 Å². The molecule has 3 heterocycles. The van der Waals surface area contributed by atoms with E-state index in [-0.39, 0.29) is 0 Å². The molecule has 0 aliphatic carbocycles. The molecule has 5 heteroatoms. The van der Waals surface area contributed by atoms with Crippen LogP contribution >= 0.6 is 0 Å². The fourth-order valence-electron chi connectivity index (χ4n) is 9.37. The molecule has 0 saturated heterocycles. The third kappa shape index (κ3) is 5.45. The van der Waals surface area contributed by atoms with Crippen LogP contribution in [0.1, 0.15) is 0 Å². The van der Waals surface area contributed by atoms with Gasteiger partial charge in [0.2, 0.25) is 0 Å². The second-order valence-corrected chi connectivity index (χ2v) is 15.9. The highest BCUT2D eigenvalue weighted by molar-refractivity contribution is 6.19. The quantitative estimate of drug-likeness (QED) is 0.174. The highest BCUT2D eigenvalue weighted by Crippen LogP contribution is 2.41. The Hall–Kier alpha value is -8.41. The molecule has 0 aliphatic rings. The molecule has 0 fully saturated rings. The Morgan fingerprint density at radius 1 is 0.258 bits per heavy atom. The SMILES string of the molecule is c1ccc(-c2ccc3cc(-c4nc(-c5ccc(-c6ccc7c(ccc8oc9ccccc9c87)c6)c6ccccc56)nc(-c5cccc6oc7ccccc7c56)n4)ccc3c2)cc1. The van der Waals surface area contributed by atoms with Gasteiger partial charge in [0, 0.05) is 38.2 Å². The van der Waals surface area contributed by atoms with Crippen molar-refractivity contribution in [1.82, 2.24) is 15.0 Å². The van der Waals surface area contributed by atoms with E-state index in [1.807, 2.05) is 48.5 Å². The van der Waals surface area contributed by atoms with Crippen LogP contribution in [0.25, 0.3) is 133 Å². The number of aromatic nitrogens is 3. The zero-order chi connectivity index (χ0) is 40.7. The van der Waals surface area contributed by atoms with E-state index in [2.05, 4.69) is 152 Å². The van der Waals surface area contributed by atoms with E-state index in [1.165, 1.54) is 16.5 Å². The molecule has 0 atom stereocenters. The largest absolute Gasteiger partial charge is 0.456 e. The number of furan rings is 2. The van der Waals surface area contributed by atoms with Gasteiger partial charge in [-0.2, -0.15) is 0 Å². The van der Waals surface area contributed by atoms with Crippen molar-refractivity contribution in [1.29, 1.82) is 0 Å². The summed E-state index contributed by atoms with van der Waals surface area (Å²) in [6.45, 7) is 0. The van der Waals surface area contributed by atoms with E-state index in [1.54, 1.807) is 0 Å². The molecular weight excluding hydrogens is 759 g/mol. The minimum absolute atomic E-state index is 0.586. The summed E-state index contributed by atoms with van der Waals surface area (Å²) in [4.78, 5) is 15.8. The number of rotatable bonds is 5. The predicted octanol–water partition coefficient (Wildman–Crippen LogP) is 15.5. The Bertz CT molecular complexity index is 3940. The van der Waals surface area contributed by atoms with Gasteiger partial charge in [-0.05, 0) is 103 Å². The molecule has 13 aromatic rings. The fraction of sp³-hybridized carbons (Fsp3) is 0. The van der Waals surface area contributed by atoms with Crippen LogP contribution in [-0.4, -0.2) is 15.0 Å². The van der Waals surface area contributed by atoms with Gasteiger partial charge in [-0.25, -0.2) is 15.0 Å². The summed E-state index contributed by atoms with van der Waals surface area (Å²) in [5, 5.41) is 11.1. The lowest BCUT2D eigenvalue weighted by Gasteiger charge is -2.14. The van der Waals surface area contributed by atoms with Crippen molar-refractivity contribution in [3.8, 4) is 56.4 Å². The number of para-hydroxylation sites is 2. The number of hydrogen-bond donors (Lipinski definition) is 0. The molecule has 0 bridgehead atoms. The van der Waals surface area contributed by atoms with Crippen LogP contribution in [-0.2, 0) is 0 Å². The highest BCUT2D eigenvalue weighted by Gasteiger charge is 2.20. The maximum absolute atomic E-state index is 6.33. The van der Waals surface area contributed by atoms with Gasteiger partial charge in [-0.3, -0.25) is 0 Å². The fourth-order valence-corrected chi connectivity index (χ4v) is 9.37. The van der Waals surface area contributed by atoms with E-state index in [9.17, 15) is 0 Å². The molecule has 62 heavy (non-hydrogen) atoms. The van der Waals surface area contributed by atoms with Gasteiger partial charge >= 0.3 is 0 Å². The van der Waals surface area contributed by atoms with E-state index < -0.39 is 0 Å². The van der Waals surface area contributed by atoms with Gasteiger partial charge in [0.25, 0.3) is 0 Å². The average molecular weight is 792 g/mol. The smallest absolute Gasteiger partial charge is 0.164 e. The van der Waals surface area contributed by atoms with Gasteiger partial charge in [-0.1, -0.05) is 152 Å². The van der Waals surface area contributed by atoms with E-state index in [0.29, 0.717) is 17.5 Å². The monoisotopic (exact) mass is 791 g/mol. The molecule has 10 aromatic carbocycles. The van der Waals surface area contributed by atoms with E-state index in [4.69, 9.17) is 23.8 Å². The van der Waals surface area contributed by atoms with Crippen molar-refractivity contribution in [3.63, 3.8) is 0 Å². The van der Waals surface area contributed by atoms with Gasteiger partial charge < -0.3 is 8.83 Å². The van der Waals surface area contributed by atoms with Crippen LogP contribution in [0, 0.1) is 0 Å². The molecular formula is C57H33N3O2. The number of fused-ring (bicyclic) bond motifs is 10. The minimum atomic E-state index is 0.586. The lowest BCUT2D eigenvalue weighted by atomic mass is 9.92. The van der Waals surface area contributed by atoms with Crippen molar-refractivity contribution < 1.29 is 8.83 Å². The first-order valence-electron chi connectivity index (χ1n) is 20.8. The summed E-state index contributed by atoms with van der Waals surface area (Å²) in [7, 11) is 0. The molecule has 0 N–H and O–H groups in total.